The Morgan fingerprint density at radius 3 is 1.33 bits per heavy atom. The highest BCUT2D eigenvalue weighted by Crippen LogP contribution is 1.93. The topological polar surface area (TPSA) is 66.4 Å². The molecule has 0 saturated heterocycles. The van der Waals surface area contributed by atoms with Crippen LogP contribution in [0.1, 0.15) is 46.5 Å². The van der Waals surface area contributed by atoms with Crippen LogP contribution in [0.25, 0.3) is 0 Å². The number of rotatable bonds is 16. The average molecular weight is 432 g/mol. The van der Waals surface area contributed by atoms with Gasteiger partial charge in [-0.15, -0.1) is 0 Å². The predicted molar refractivity (Wildman–Crippen MR) is 85.6 cm³/mol. The molecule has 0 spiro atoms. The van der Waals surface area contributed by atoms with Gasteiger partial charge in [-0.25, -0.2) is 0 Å². The molecule has 0 rings (SSSR count). The molecule has 0 bridgehead atoms. The van der Waals surface area contributed by atoms with Crippen molar-refractivity contribution in [1.29, 1.82) is 0 Å². The Kier molecular flexibility index (Phi) is 47.6. The summed E-state index contributed by atoms with van der Waals surface area (Å²) in [7, 11) is 0. The first kappa shape index (κ1) is 36.0. The molecule has 0 radical (unpaired) electrons. The fourth-order valence-corrected chi connectivity index (χ4v) is 2.28. The van der Waals surface area contributed by atoms with Crippen LogP contribution in [0.4, 0.5) is 0 Å². The first-order valence-corrected chi connectivity index (χ1v) is 9.07. The summed E-state index contributed by atoms with van der Waals surface area (Å²) in [6.45, 7) is 17.2. The second kappa shape index (κ2) is 31.7. The molecule has 8 N–H and O–H groups in total. The van der Waals surface area contributed by atoms with Crippen molar-refractivity contribution < 1.29 is 70.9 Å². The molecule has 0 aromatic rings. The molecule has 0 unspecified atom stereocenters. The molecule has 0 aliphatic heterocycles. The number of halogens is 4. The molecule has 1 atom stereocenters. The summed E-state index contributed by atoms with van der Waals surface area (Å²) >= 11 is 0. The van der Waals surface area contributed by atoms with Crippen LogP contribution in [0.5, 0.6) is 0 Å². The lowest BCUT2D eigenvalue weighted by Gasteiger charge is -2.06. The second-order valence-electron chi connectivity index (χ2n) is 6.10. The fourth-order valence-electron chi connectivity index (χ4n) is 2.28. The van der Waals surface area contributed by atoms with Gasteiger partial charge >= 0.3 is 0 Å². The number of hydrogen-bond acceptors (Lipinski definition) is 0. The highest BCUT2D eigenvalue weighted by Gasteiger charge is 2.00. The molecular formula is C16H42Cl4N4. The van der Waals surface area contributed by atoms with E-state index in [-0.39, 0.29) is 49.6 Å². The SMILES string of the molecule is CC[NH2+]CCC[NH2+]CCC[NH2+]CCC[NH2+]C[C@@H](C)CC.[Cl-].[Cl-].[Cl-].[Cl-]. The van der Waals surface area contributed by atoms with Crippen molar-refractivity contribution in [2.45, 2.75) is 46.5 Å². The Morgan fingerprint density at radius 2 is 0.958 bits per heavy atom. The summed E-state index contributed by atoms with van der Waals surface area (Å²) in [5.41, 5.74) is 0. The Hall–Kier alpha value is 1.00. The summed E-state index contributed by atoms with van der Waals surface area (Å²) in [4.78, 5) is 0. The van der Waals surface area contributed by atoms with Crippen LogP contribution in [-0.2, 0) is 0 Å². The Bertz CT molecular complexity index is 191. The van der Waals surface area contributed by atoms with Crippen LogP contribution < -0.4 is 70.9 Å². The van der Waals surface area contributed by atoms with Gasteiger partial charge < -0.3 is 70.9 Å². The van der Waals surface area contributed by atoms with Crippen LogP contribution >= 0.6 is 0 Å². The summed E-state index contributed by atoms with van der Waals surface area (Å²) in [5, 5.41) is 9.86. The zero-order chi connectivity index (χ0) is 14.9. The van der Waals surface area contributed by atoms with Gasteiger partial charge in [0.05, 0.1) is 52.4 Å². The quantitative estimate of drug-likeness (QED) is 0.175. The van der Waals surface area contributed by atoms with Crippen molar-refractivity contribution in [2.75, 3.05) is 52.4 Å². The Balaban J connectivity index is -0.000000301. The van der Waals surface area contributed by atoms with E-state index in [1.54, 1.807) is 0 Å². The molecule has 0 amide bonds. The molecule has 0 saturated carbocycles. The summed E-state index contributed by atoms with van der Waals surface area (Å²) < 4.78 is 0. The van der Waals surface area contributed by atoms with Gasteiger partial charge in [0.2, 0.25) is 0 Å². The van der Waals surface area contributed by atoms with E-state index in [9.17, 15) is 0 Å². The molecule has 0 aliphatic rings. The van der Waals surface area contributed by atoms with Gasteiger partial charge in [-0.3, -0.25) is 0 Å². The van der Waals surface area contributed by atoms with E-state index in [0.717, 1.165) is 5.92 Å². The minimum Gasteiger partial charge on any atom is -1.00 e. The first-order valence-electron chi connectivity index (χ1n) is 9.07. The van der Waals surface area contributed by atoms with E-state index in [4.69, 9.17) is 0 Å². The predicted octanol–water partition coefficient (Wildman–Crippen LogP) is -14.5. The van der Waals surface area contributed by atoms with Gasteiger partial charge in [-0.05, 0) is 13.3 Å². The lowest BCUT2D eigenvalue weighted by molar-refractivity contribution is -0.695. The number of quaternary nitrogens is 4. The maximum atomic E-state index is 2.50. The monoisotopic (exact) mass is 430 g/mol. The van der Waals surface area contributed by atoms with E-state index >= 15 is 0 Å². The molecule has 0 aliphatic carbocycles. The highest BCUT2D eigenvalue weighted by atomic mass is 35.5. The average Bonchev–Trinajstić information content (AvgIpc) is 2.47. The van der Waals surface area contributed by atoms with Crippen molar-refractivity contribution in [3.05, 3.63) is 0 Å². The molecule has 0 fully saturated rings. The van der Waals surface area contributed by atoms with Gasteiger partial charge in [0.15, 0.2) is 0 Å². The molecule has 0 heterocycles. The molecule has 4 nitrogen and oxygen atoms in total. The molecule has 154 valence electrons. The smallest absolute Gasteiger partial charge is 0.0809 e. The Morgan fingerprint density at radius 1 is 0.583 bits per heavy atom. The molecule has 24 heavy (non-hydrogen) atoms. The van der Waals surface area contributed by atoms with Gasteiger partial charge in [0, 0.05) is 25.2 Å². The van der Waals surface area contributed by atoms with Crippen molar-refractivity contribution in [3.8, 4) is 0 Å². The summed E-state index contributed by atoms with van der Waals surface area (Å²) in [6.07, 6.45) is 5.38. The fraction of sp³-hybridized carbons (Fsp3) is 1.00. The minimum absolute atomic E-state index is 0. The summed E-state index contributed by atoms with van der Waals surface area (Å²) in [5.74, 6) is 0.879. The van der Waals surface area contributed by atoms with Crippen molar-refractivity contribution in [3.63, 3.8) is 0 Å². The van der Waals surface area contributed by atoms with E-state index in [0.29, 0.717) is 0 Å². The van der Waals surface area contributed by atoms with Crippen LogP contribution in [-0.4, -0.2) is 52.4 Å². The van der Waals surface area contributed by atoms with Crippen LogP contribution in [0.3, 0.4) is 0 Å². The third-order valence-corrected chi connectivity index (χ3v) is 4.00. The van der Waals surface area contributed by atoms with E-state index in [1.807, 2.05) is 0 Å². The van der Waals surface area contributed by atoms with Crippen molar-refractivity contribution in [2.24, 2.45) is 5.92 Å². The van der Waals surface area contributed by atoms with Gasteiger partial charge in [0.1, 0.15) is 0 Å². The van der Waals surface area contributed by atoms with E-state index in [1.165, 1.54) is 78.0 Å². The van der Waals surface area contributed by atoms with Crippen molar-refractivity contribution in [1.82, 2.24) is 0 Å². The lowest BCUT2D eigenvalue weighted by atomic mass is 10.1. The molecule has 0 aromatic carbocycles. The number of nitrogens with two attached hydrogens (primary N) is 4. The largest absolute Gasteiger partial charge is 1.00 e. The molecule has 8 heteroatoms. The maximum Gasteiger partial charge on any atom is 0.0809 e. The van der Waals surface area contributed by atoms with E-state index < -0.39 is 0 Å². The lowest BCUT2D eigenvalue weighted by Crippen LogP contribution is -3.00. The standard InChI is InChI=1S/C16H38N4.4ClH/c1-4-16(3)15-20-14-8-13-19-12-7-11-18-10-6-9-17-5-2;;;;/h16-20H,4-15H2,1-3H3;4*1H/t16-;;;;/m0..../s1. The molecular weight excluding hydrogens is 390 g/mol. The Labute approximate surface area is 175 Å². The van der Waals surface area contributed by atoms with Crippen LogP contribution in [0, 0.1) is 5.92 Å². The zero-order valence-corrected chi connectivity index (χ0v) is 18.9. The van der Waals surface area contributed by atoms with Crippen molar-refractivity contribution >= 4 is 0 Å². The minimum atomic E-state index is 0. The van der Waals surface area contributed by atoms with E-state index in [2.05, 4.69) is 42.0 Å². The van der Waals surface area contributed by atoms with Gasteiger partial charge in [0.25, 0.3) is 0 Å². The molecule has 0 aromatic heterocycles. The zero-order valence-electron chi connectivity index (χ0n) is 15.9. The number of hydrogen-bond donors (Lipinski definition) is 4. The second-order valence-corrected chi connectivity index (χ2v) is 6.10. The third-order valence-electron chi connectivity index (χ3n) is 4.00. The highest BCUT2D eigenvalue weighted by molar-refractivity contribution is 4.42. The first-order chi connectivity index (χ1) is 9.81. The van der Waals surface area contributed by atoms with Gasteiger partial charge in [-0.2, -0.15) is 0 Å². The van der Waals surface area contributed by atoms with Gasteiger partial charge in [-0.1, -0.05) is 13.8 Å². The van der Waals surface area contributed by atoms with Crippen LogP contribution in [0.2, 0.25) is 0 Å². The third kappa shape index (κ3) is 30.8. The normalized spacial score (nSPS) is 10.6. The summed E-state index contributed by atoms with van der Waals surface area (Å²) in [6, 6.07) is 0. The maximum absolute atomic E-state index is 2.50. The van der Waals surface area contributed by atoms with Crippen LogP contribution in [0.15, 0.2) is 0 Å².